The molecule has 2 aromatic carbocycles. The van der Waals surface area contributed by atoms with Crippen LogP contribution in [0.1, 0.15) is 16.1 Å². The molecule has 0 aliphatic heterocycles. The zero-order valence-electron chi connectivity index (χ0n) is 14.4. The summed E-state index contributed by atoms with van der Waals surface area (Å²) in [5, 5.41) is 6.55. The van der Waals surface area contributed by atoms with E-state index >= 15 is 0 Å². The van der Waals surface area contributed by atoms with Crippen LogP contribution in [-0.4, -0.2) is 18.0 Å². The highest BCUT2D eigenvalue weighted by molar-refractivity contribution is 6.31. The van der Waals surface area contributed by atoms with Gasteiger partial charge in [-0.1, -0.05) is 29.8 Å². The minimum absolute atomic E-state index is 0.294. The smallest absolute Gasteiger partial charge is 0.274 e. The molecule has 0 atom stereocenters. The van der Waals surface area contributed by atoms with Crippen molar-refractivity contribution >= 4 is 34.6 Å². The molecule has 0 spiro atoms. The molecule has 3 aromatic rings. The Morgan fingerprint density at radius 2 is 1.88 bits per heavy atom. The van der Waals surface area contributed by atoms with Gasteiger partial charge in [-0.05, 0) is 48.9 Å². The standard InChI is InChI=1S/C20H18ClN3O2/c1-13-5-3-4-6-16(13)23-15-8-9-17(22-12-15)20(25)24-18-11-14(21)7-10-19(18)26-2/h3-12,23H,1-2H3,(H,24,25). The van der Waals surface area contributed by atoms with Crippen LogP contribution >= 0.6 is 11.6 Å². The van der Waals surface area contributed by atoms with E-state index in [1.807, 2.05) is 37.3 Å². The summed E-state index contributed by atoms with van der Waals surface area (Å²) in [6.07, 6.45) is 1.62. The molecule has 0 bridgehead atoms. The molecular formula is C20H18ClN3O2. The Balaban J connectivity index is 1.73. The number of pyridine rings is 1. The van der Waals surface area contributed by atoms with E-state index in [4.69, 9.17) is 16.3 Å². The summed E-state index contributed by atoms with van der Waals surface area (Å²) in [5.41, 5.74) is 3.71. The summed E-state index contributed by atoms with van der Waals surface area (Å²) in [4.78, 5) is 16.7. The number of halogens is 1. The number of nitrogens with zero attached hydrogens (tertiary/aromatic N) is 1. The van der Waals surface area contributed by atoms with Crippen LogP contribution in [-0.2, 0) is 0 Å². The van der Waals surface area contributed by atoms with Crippen molar-refractivity contribution in [3.05, 3.63) is 77.1 Å². The number of rotatable bonds is 5. The van der Waals surface area contributed by atoms with Crippen LogP contribution in [0.25, 0.3) is 0 Å². The fraction of sp³-hybridized carbons (Fsp3) is 0.100. The van der Waals surface area contributed by atoms with Gasteiger partial charge in [0.25, 0.3) is 5.91 Å². The molecule has 26 heavy (non-hydrogen) atoms. The lowest BCUT2D eigenvalue weighted by molar-refractivity contribution is 0.102. The summed E-state index contributed by atoms with van der Waals surface area (Å²) in [5.74, 6) is 0.189. The molecule has 0 aliphatic carbocycles. The first kappa shape index (κ1) is 17.8. The summed E-state index contributed by atoms with van der Waals surface area (Å²) in [7, 11) is 1.53. The third kappa shape index (κ3) is 4.13. The maximum Gasteiger partial charge on any atom is 0.274 e. The van der Waals surface area contributed by atoms with Crippen molar-refractivity contribution in [2.45, 2.75) is 6.92 Å². The second-order valence-corrected chi connectivity index (χ2v) is 6.11. The lowest BCUT2D eigenvalue weighted by Gasteiger charge is -2.11. The van der Waals surface area contributed by atoms with Gasteiger partial charge >= 0.3 is 0 Å². The minimum atomic E-state index is -0.340. The number of carbonyl (C=O) groups excluding carboxylic acids is 1. The molecule has 0 fully saturated rings. The van der Waals surface area contributed by atoms with Gasteiger partial charge in [0.15, 0.2) is 0 Å². The van der Waals surface area contributed by atoms with Gasteiger partial charge in [0, 0.05) is 10.7 Å². The van der Waals surface area contributed by atoms with Gasteiger partial charge in [-0.15, -0.1) is 0 Å². The summed E-state index contributed by atoms with van der Waals surface area (Å²) in [6, 6.07) is 16.4. The number of aromatic nitrogens is 1. The fourth-order valence-corrected chi connectivity index (χ4v) is 2.61. The molecule has 0 unspecified atom stereocenters. The van der Waals surface area contributed by atoms with Crippen molar-refractivity contribution in [2.24, 2.45) is 0 Å². The molecule has 0 radical (unpaired) electrons. The Labute approximate surface area is 157 Å². The Morgan fingerprint density at radius 1 is 1.08 bits per heavy atom. The van der Waals surface area contributed by atoms with E-state index in [0.29, 0.717) is 22.2 Å². The molecule has 3 rings (SSSR count). The van der Waals surface area contributed by atoms with Gasteiger partial charge in [-0.2, -0.15) is 0 Å². The molecule has 5 nitrogen and oxygen atoms in total. The minimum Gasteiger partial charge on any atom is -0.495 e. The zero-order valence-corrected chi connectivity index (χ0v) is 15.2. The lowest BCUT2D eigenvalue weighted by atomic mass is 10.2. The van der Waals surface area contributed by atoms with Crippen LogP contribution in [0.4, 0.5) is 17.1 Å². The van der Waals surface area contributed by atoms with E-state index in [0.717, 1.165) is 16.9 Å². The van der Waals surface area contributed by atoms with Gasteiger partial charge in [0.1, 0.15) is 11.4 Å². The fourth-order valence-electron chi connectivity index (χ4n) is 2.44. The number of aryl methyl sites for hydroxylation is 1. The number of hydrogen-bond acceptors (Lipinski definition) is 4. The van der Waals surface area contributed by atoms with Crippen molar-refractivity contribution in [3.63, 3.8) is 0 Å². The first-order valence-electron chi connectivity index (χ1n) is 8.00. The van der Waals surface area contributed by atoms with Crippen molar-refractivity contribution < 1.29 is 9.53 Å². The quantitative estimate of drug-likeness (QED) is 0.662. The lowest BCUT2D eigenvalue weighted by Crippen LogP contribution is -2.14. The molecular weight excluding hydrogens is 350 g/mol. The predicted molar refractivity (Wildman–Crippen MR) is 105 cm³/mol. The topological polar surface area (TPSA) is 63.2 Å². The van der Waals surface area contributed by atoms with E-state index < -0.39 is 0 Å². The molecule has 1 heterocycles. The molecule has 132 valence electrons. The Hall–Kier alpha value is -3.05. The molecule has 1 amide bonds. The van der Waals surface area contributed by atoms with Gasteiger partial charge in [-0.25, -0.2) is 4.98 Å². The van der Waals surface area contributed by atoms with Gasteiger partial charge in [0.2, 0.25) is 0 Å². The maximum atomic E-state index is 12.4. The van der Waals surface area contributed by atoms with Crippen molar-refractivity contribution in [1.82, 2.24) is 4.98 Å². The summed E-state index contributed by atoms with van der Waals surface area (Å²) < 4.78 is 5.23. The maximum absolute atomic E-state index is 12.4. The third-order valence-electron chi connectivity index (χ3n) is 3.83. The van der Waals surface area contributed by atoms with Gasteiger partial charge in [-0.3, -0.25) is 4.79 Å². The summed E-state index contributed by atoms with van der Waals surface area (Å²) in [6.45, 7) is 2.02. The molecule has 2 N–H and O–H groups in total. The SMILES string of the molecule is COc1ccc(Cl)cc1NC(=O)c1ccc(Nc2ccccc2C)cn1. The number of carbonyl (C=O) groups is 1. The van der Waals surface area contributed by atoms with E-state index in [1.165, 1.54) is 7.11 Å². The van der Waals surface area contributed by atoms with E-state index in [-0.39, 0.29) is 5.91 Å². The van der Waals surface area contributed by atoms with Crippen molar-refractivity contribution in [1.29, 1.82) is 0 Å². The number of benzene rings is 2. The number of hydrogen-bond donors (Lipinski definition) is 2. The first-order valence-corrected chi connectivity index (χ1v) is 8.38. The second-order valence-electron chi connectivity index (χ2n) is 5.67. The molecule has 0 saturated carbocycles. The van der Waals surface area contributed by atoms with E-state index in [9.17, 15) is 4.79 Å². The second kappa shape index (κ2) is 7.89. The van der Waals surface area contributed by atoms with Crippen LogP contribution in [0.15, 0.2) is 60.8 Å². The Bertz CT molecular complexity index is 927. The van der Waals surface area contributed by atoms with Gasteiger partial charge < -0.3 is 15.4 Å². The number of nitrogens with one attached hydrogen (secondary N) is 2. The highest BCUT2D eigenvalue weighted by atomic mass is 35.5. The Morgan fingerprint density at radius 3 is 2.58 bits per heavy atom. The first-order chi connectivity index (χ1) is 12.6. The van der Waals surface area contributed by atoms with E-state index in [1.54, 1.807) is 30.5 Å². The monoisotopic (exact) mass is 367 g/mol. The summed E-state index contributed by atoms with van der Waals surface area (Å²) >= 11 is 5.98. The largest absolute Gasteiger partial charge is 0.495 e. The normalized spacial score (nSPS) is 10.3. The molecule has 0 saturated heterocycles. The van der Waals surface area contributed by atoms with Crippen molar-refractivity contribution in [3.8, 4) is 5.75 Å². The highest BCUT2D eigenvalue weighted by Crippen LogP contribution is 2.28. The van der Waals surface area contributed by atoms with E-state index in [2.05, 4.69) is 15.6 Å². The number of ether oxygens (including phenoxy) is 1. The van der Waals surface area contributed by atoms with Gasteiger partial charge in [0.05, 0.1) is 24.7 Å². The molecule has 1 aromatic heterocycles. The Kier molecular flexibility index (Phi) is 5.39. The van der Waals surface area contributed by atoms with Crippen LogP contribution < -0.4 is 15.4 Å². The van der Waals surface area contributed by atoms with Crippen LogP contribution in [0.5, 0.6) is 5.75 Å². The number of amides is 1. The number of anilines is 3. The number of para-hydroxylation sites is 1. The van der Waals surface area contributed by atoms with Crippen molar-refractivity contribution in [2.75, 3.05) is 17.7 Å². The molecule has 6 heteroatoms. The third-order valence-corrected chi connectivity index (χ3v) is 4.07. The van der Waals surface area contributed by atoms with Crippen LogP contribution in [0, 0.1) is 6.92 Å². The predicted octanol–water partition coefficient (Wildman–Crippen LogP) is 5.05. The zero-order chi connectivity index (χ0) is 18.5. The average molecular weight is 368 g/mol. The van der Waals surface area contributed by atoms with Crippen LogP contribution in [0.2, 0.25) is 5.02 Å². The number of methoxy groups -OCH3 is 1. The highest BCUT2D eigenvalue weighted by Gasteiger charge is 2.12. The average Bonchev–Trinajstić information content (AvgIpc) is 2.64. The molecule has 0 aliphatic rings. The van der Waals surface area contributed by atoms with Crippen LogP contribution in [0.3, 0.4) is 0 Å².